The van der Waals surface area contributed by atoms with E-state index < -0.39 is 6.10 Å². The van der Waals surface area contributed by atoms with Crippen LogP contribution in [0.4, 0.5) is 0 Å². The summed E-state index contributed by atoms with van der Waals surface area (Å²) in [4.78, 5) is 4.17. The van der Waals surface area contributed by atoms with Crippen LogP contribution in [0.25, 0.3) is 0 Å². The van der Waals surface area contributed by atoms with Crippen molar-refractivity contribution in [1.82, 2.24) is 4.98 Å². The van der Waals surface area contributed by atoms with Gasteiger partial charge in [-0.15, -0.1) is 6.42 Å². The number of hydrogen-bond acceptors (Lipinski definition) is 2. The lowest BCUT2D eigenvalue weighted by atomic mass is 9.87. The second-order valence-electron chi connectivity index (χ2n) is 4.36. The van der Waals surface area contributed by atoms with Crippen molar-refractivity contribution in [1.29, 1.82) is 0 Å². The minimum absolute atomic E-state index is 0.222. The number of aromatic nitrogens is 1. The summed E-state index contributed by atoms with van der Waals surface area (Å²) in [6.45, 7) is 5.88. The fourth-order valence-corrected chi connectivity index (χ4v) is 1.13. The minimum atomic E-state index is -0.587. The maximum atomic E-state index is 9.95. The molecule has 1 aromatic rings. The molecule has 0 aliphatic rings. The van der Waals surface area contributed by atoms with E-state index in [-0.39, 0.29) is 5.41 Å². The van der Waals surface area contributed by atoms with E-state index in [1.165, 1.54) is 0 Å². The van der Waals surface area contributed by atoms with Gasteiger partial charge in [-0.1, -0.05) is 32.8 Å². The molecule has 1 atom stereocenters. The zero-order chi connectivity index (χ0) is 10.8. The van der Waals surface area contributed by atoms with Gasteiger partial charge in [0, 0.05) is 0 Å². The molecule has 2 heteroatoms. The molecule has 0 amide bonds. The average Bonchev–Trinajstić information content (AvgIpc) is 2.15. The molecule has 0 aliphatic heterocycles. The largest absolute Gasteiger partial charge is 0.386 e. The number of nitrogens with zero attached hydrogens (tertiary/aromatic N) is 1. The van der Waals surface area contributed by atoms with Gasteiger partial charge in [0.25, 0.3) is 0 Å². The van der Waals surface area contributed by atoms with Gasteiger partial charge < -0.3 is 5.11 Å². The molecule has 0 fully saturated rings. The van der Waals surface area contributed by atoms with Crippen molar-refractivity contribution in [2.24, 2.45) is 5.41 Å². The first-order chi connectivity index (χ1) is 6.45. The first kappa shape index (κ1) is 10.7. The van der Waals surface area contributed by atoms with E-state index >= 15 is 0 Å². The van der Waals surface area contributed by atoms with E-state index in [9.17, 15) is 5.11 Å². The Bertz CT molecular complexity index is 357. The molecule has 1 heterocycles. The molecular formula is C12H15NO. The van der Waals surface area contributed by atoms with E-state index in [2.05, 4.69) is 10.9 Å². The molecular weight excluding hydrogens is 174 g/mol. The first-order valence-electron chi connectivity index (χ1n) is 4.57. The Morgan fingerprint density at radius 2 is 2.07 bits per heavy atom. The quantitative estimate of drug-likeness (QED) is 0.687. The lowest BCUT2D eigenvalue weighted by Gasteiger charge is -2.25. The molecule has 0 radical (unpaired) electrons. The summed E-state index contributed by atoms with van der Waals surface area (Å²) in [7, 11) is 0. The Kier molecular flexibility index (Phi) is 2.93. The van der Waals surface area contributed by atoms with Gasteiger partial charge in [-0.25, -0.2) is 4.98 Å². The Morgan fingerprint density at radius 3 is 2.57 bits per heavy atom. The maximum Gasteiger partial charge on any atom is 0.113 e. The van der Waals surface area contributed by atoms with Gasteiger partial charge in [0.05, 0.1) is 5.69 Å². The monoisotopic (exact) mass is 189 g/mol. The van der Waals surface area contributed by atoms with Crippen LogP contribution in [0, 0.1) is 17.8 Å². The summed E-state index contributed by atoms with van der Waals surface area (Å²) >= 11 is 0. The Labute approximate surface area is 85.0 Å². The van der Waals surface area contributed by atoms with Gasteiger partial charge >= 0.3 is 0 Å². The molecule has 1 rings (SSSR count). The standard InChI is InChI=1S/C12H15NO/c1-5-9-7-6-8-10(13-9)11(14)12(2,3)4/h1,6-8,11,14H,2-4H3. The molecule has 1 aromatic heterocycles. The minimum Gasteiger partial charge on any atom is -0.386 e. The van der Waals surface area contributed by atoms with Gasteiger partial charge in [0.15, 0.2) is 0 Å². The van der Waals surface area contributed by atoms with E-state index in [0.29, 0.717) is 11.4 Å². The Balaban J connectivity index is 3.03. The summed E-state index contributed by atoms with van der Waals surface area (Å²) in [6.07, 6.45) is 4.65. The highest BCUT2D eigenvalue weighted by atomic mass is 16.3. The van der Waals surface area contributed by atoms with Crippen LogP contribution in [0.3, 0.4) is 0 Å². The highest BCUT2D eigenvalue weighted by Gasteiger charge is 2.24. The summed E-state index contributed by atoms with van der Waals surface area (Å²) in [5.74, 6) is 2.45. The van der Waals surface area contributed by atoms with E-state index in [4.69, 9.17) is 6.42 Å². The molecule has 0 bridgehead atoms. The number of terminal acetylenes is 1. The fraction of sp³-hybridized carbons (Fsp3) is 0.417. The Hall–Kier alpha value is -1.33. The van der Waals surface area contributed by atoms with Gasteiger partial charge in [0.2, 0.25) is 0 Å². The molecule has 74 valence electrons. The van der Waals surface area contributed by atoms with Crippen molar-refractivity contribution in [3.05, 3.63) is 29.6 Å². The van der Waals surface area contributed by atoms with Crippen molar-refractivity contribution >= 4 is 0 Å². The van der Waals surface area contributed by atoms with Crippen molar-refractivity contribution in [3.63, 3.8) is 0 Å². The average molecular weight is 189 g/mol. The first-order valence-corrected chi connectivity index (χ1v) is 4.57. The number of hydrogen-bond donors (Lipinski definition) is 1. The molecule has 1 N–H and O–H groups in total. The molecule has 0 spiro atoms. The number of aliphatic hydroxyl groups excluding tert-OH is 1. The van der Waals surface area contributed by atoms with Crippen LogP contribution in [-0.4, -0.2) is 10.1 Å². The van der Waals surface area contributed by atoms with Gasteiger partial charge in [-0.05, 0) is 17.5 Å². The summed E-state index contributed by atoms with van der Waals surface area (Å²) in [6, 6.07) is 5.35. The third-order valence-corrected chi connectivity index (χ3v) is 2.02. The van der Waals surface area contributed by atoms with Crippen molar-refractivity contribution < 1.29 is 5.11 Å². The molecule has 1 unspecified atom stereocenters. The SMILES string of the molecule is C#Cc1cccc(C(O)C(C)(C)C)n1. The van der Waals surface area contributed by atoms with Crippen LogP contribution >= 0.6 is 0 Å². The van der Waals surface area contributed by atoms with Gasteiger partial charge in [-0.3, -0.25) is 0 Å². The molecule has 0 saturated heterocycles. The summed E-state index contributed by atoms with van der Waals surface area (Å²) < 4.78 is 0. The highest BCUT2D eigenvalue weighted by molar-refractivity contribution is 5.26. The summed E-state index contributed by atoms with van der Waals surface area (Å²) in [5.41, 5.74) is 0.971. The second kappa shape index (κ2) is 3.81. The van der Waals surface area contributed by atoms with Crippen molar-refractivity contribution in [3.8, 4) is 12.3 Å². The number of pyridine rings is 1. The molecule has 0 aliphatic carbocycles. The lowest BCUT2D eigenvalue weighted by molar-refractivity contribution is 0.0589. The van der Waals surface area contributed by atoms with Crippen LogP contribution in [0.1, 0.15) is 38.3 Å². The van der Waals surface area contributed by atoms with Crippen molar-refractivity contribution in [2.75, 3.05) is 0 Å². The number of aliphatic hydroxyl groups is 1. The summed E-state index contributed by atoms with van der Waals surface area (Å²) in [5, 5.41) is 9.95. The third-order valence-electron chi connectivity index (χ3n) is 2.02. The molecule has 0 aromatic carbocycles. The highest BCUT2D eigenvalue weighted by Crippen LogP contribution is 2.31. The maximum absolute atomic E-state index is 9.95. The topological polar surface area (TPSA) is 33.1 Å². The zero-order valence-electron chi connectivity index (χ0n) is 8.78. The molecule has 2 nitrogen and oxygen atoms in total. The van der Waals surface area contributed by atoms with Crippen LogP contribution < -0.4 is 0 Å². The van der Waals surface area contributed by atoms with Crippen LogP contribution in [0.2, 0.25) is 0 Å². The van der Waals surface area contributed by atoms with E-state index in [1.54, 1.807) is 12.1 Å². The number of rotatable bonds is 1. The predicted octanol–water partition coefficient (Wildman–Crippen LogP) is 2.14. The van der Waals surface area contributed by atoms with E-state index in [1.807, 2.05) is 26.8 Å². The predicted molar refractivity (Wildman–Crippen MR) is 56.6 cm³/mol. The third kappa shape index (κ3) is 2.34. The normalized spacial score (nSPS) is 13.4. The smallest absolute Gasteiger partial charge is 0.113 e. The molecule has 14 heavy (non-hydrogen) atoms. The molecule has 0 saturated carbocycles. The van der Waals surface area contributed by atoms with E-state index in [0.717, 1.165) is 0 Å². The van der Waals surface area contributed by atoms with Gasteiger partial charge in [0.1, 0.15) is 11.8 Å². The zero-order valence-corrected chi connectivity index (χ0v) is 8.78. The van der Waals surface area contributed by atoms with Crippen LogP contribution in [0.15, 0.2) is 18.2 Å². The fourth-order valence-electron chi connectivity index (χ4n) is 1.13. The van der Waals surface area contributed by atoms with Gasteiger partial charge in [-0.2, -0.15) is 0 Å². The lowest BCUT2D eigenvalue weighted by Crippen LogP contribution is -2.19. The van der Waals surface area contributed by atoms with Crippen LogP contribution in [-0.2, 0) is 0 Å². The van der Waals surface area contributed by atoms with Crippen molar-refractivity contribution in [2.45, 2.75) is 26.9 Å². The Morgan fingerprint density at radius 1 is 1.43 bits per heavy atom. The second-order valence-corrected chi connectivity index (χ2v) is 4.36. The van der Waals surface area contributed by atoms with Crippen LogP contribution in [0.5, 0.6) is 0 Å².